The van der Waals surface area contributed by atoms with E-state index in [4.69, 9.17) is 0 Å². The molecule has 0 aliphatic rings. The van der Waals surface area contributed by atoms with Crippen molar-refractivity contribution in [3.63, 3.8) is 0 Å². The molecule has 16 heavy (non-hydrogen) atoms. The molecule has 0 aliphatic heterocycles. The van der Waals surface area contributed by atoms with E-state index in [0.717, 1.165) is 17.4 Å². The van der Waals surface area contributed by atoms with E-state index in [1.807, 2.05) is 19.1 Å². The molecule has 0 aromatic heterocycles. The van der Waals surface area contributed by atoms with E-state index >= 15 is 0 Å². The highest BCUT2D eigenvalue weighted by Crippen LogP contribution is 2.12. The maximum Gasteiger partial charge on any atom is 0.309 e. The number of esters is 1. The lowest BCUT2D eigenvalue weighted by Gasteiger charge is -2.00. The van der Waals surface area contributed by atoms with Gasteiger partial charge in [-0.15, -0.1) is 0 Å². The Morgan fingerprint density at radius 2 is 2.19 bits per heavy atom. The molecule has 0 bridgehead atoms. The van der Waals surface area contributed by atoms with Gasteiger partial charge in [-0.25, -0.2) is 0 Å². The van der Waals surface area contributed by atoms with Gasteiger partial charge in [-0.05, 0) is 24.1 Å². The highest BCUT2D eigenvalue weighted by atomic mass is 16.5. The average molecular weight is 218 g/mol. The van der Waals surface area contributed by atoms with E-state index < -0.39 is 0 Å². The number of rotatable bonds is 4. The first kappa shape index (κ1) is 12.2. The number of benzene rings is 1. The number of hydrogen-bond donors (Lipinski definition) is 0. The first-order valence-electron chi connectivity index (χ1n) is 4.96. The Labute approximate surface area is 94.7 Å². The molecule has 1 aromatic carbocycles. The summed E-state index contributed by atoms with van der Waals surface area (Å²) in [4.78, 5) is 21.5. The first-order chi connectivity index (χ1) is 7.67. The molecule has 0 saturated heterocycles. The van der Waals surface area contributed by atoms with Crippen LogP contribution in [-0.4, -0.2) is 19.4 Å². The number of carbonyl (C=O) groups is 2. The Morgan fingerprint density at radius 3 is 2.81 bits per heavy atom. The van der Waals surface area contributed by atoms with Crippen LogP contribution in [0, 0.1) is 6.92 Å². The van der Waals surface area contributed by atoms with Gasteiger partial charge in [0.05, 0.1) is 13.5 Å². The van der Waals surface area contributed by atoms with Crippen LogP contribution in [0.25, 0.3) is 6.08 Å². The summed E-state index contributed by atoms with van der Waals surface area (Å²) < 4.78 is 4.52. The lowest BCUT2D eigenvalue weighted by atomic mass is 10.0. The molecule has 3 heteroatoms. The van der Waals surface area contributed by atoms with Crippen LogP contribution in [0.5, 0.6) is 0 Å². The molecule has 0 spiro atoms. The molecule has 3 nitrogen and oxygen atoms in total. The number of hydrogen-bond acceptors (Lipinski definition) is 3. The van der Waals surface area contributed by atoms with E-state index in [-0.39, 0.29) is 12.4 Å². The summed E-state index contributed by atoms with van der Waals surface area (Å²) >= 11 is 0. The van der Waals surface area contributed by atoms with Crippen LogP contribution < -0.4 is 0 Å². The minimum atomic E-state index is -0.277. The predicted molar refractivity (Wildman–Crippen MR) is 62.2 cm³/mol. The number of aldehydes is 1. The van der Waals surface area contributed by atoms with Crippen molar-refractivity contribution in [2.75, 3.05) is 7.11 Å². The van der Waals surface area contributed by atoms with Gasteiger partial charge in [0, 0.05) is 5.56 Å². The maximum absolute atomic E-state index is 10.9. The lowest BCUT2D eigenvalue weighted by molar-refractivity contribution is -0.139. The van der Waals surface area contributed by atoms with Crippen molar-refractivity contribution in [2.24, 2.45) is 0 Å². The Kier molecular flexibility index (Phi) is 4.45. The molecule has 84 valence electrons. The summed E-state index contributed by atoms with van der Waals surface area (Å²) in [7, 11) is 1.36. The van der Waals surface area contributed by atoms with Gasteiger partial charge < -0.3 is 4.74 Å². The van der Waals surface area contributed by atoms with E-state index in [1.54, 1.807) is 18.2 Å². The topological polar surface area (TPSA) is 43.4 Å². The SMILES string of the molecule is COC(=O)CC=Cc1cc(C=O)ccc1C. The van der Waals surface area contributed by atoms with Gasteiger partial charge in [0.25, 0.3) is 0 Å². The fourth-order valence-corrected chi connectivity index (χ4v) is 1.28. The van der Waals surface area contributed by atoms with Crippen molar-refractivity contribution in [1.29, 1.82) is 0 Å². The minimum Gasteiger partial charge on any atom is -0.469 e. The standard InChI is InChI=1S/C13H14O3/c1-10-6-7-11(9-14)8-12(10)4-3-5-13(15)16-2/h3-4,6-9H,5H2,1-2H3. The third-order valence-electron chi connectivity index (χ3n) is 2.25. The summed E-state index contributed by atoms with van der Waals surface area (Å²) in [6.07, 6.45) is 4.58. The lowest BCUT2D eigenvalue weighted by Crippen LogP contribution is -1.96. The molecule has 0 N–H and O–H groups in total. The summed E-state index contributed by atoms with van der Waals surface area (Å²) in [5, 5.41) is 0. The quantitative estimate of drug-likeness (QED) is 0.575. The number of ether oxygens (including phenoxy) is 1. The Balaban J connectivity index is 2.79. The largest absolute Gasteiger partial charge is 0.469 e. The molecule has 0 aliphatic carbocycles. The molecular formula is C13H14O3. The van der Waals surface area contributed by atoms with Gasteiger partial charge in [0.15, 0.2) is 0 Å². The second-order valence-electron chi connectivity index (χ2n) is 3.42. The number of carbonyl (C=O) groups excluding carboxylic acids is 2. The van der Waals surface area contributed by atoms with Crippen LogP contribution in [-0.2, 0) is 9.53 Å². The second-order valence-corrected chi connectivity index (χ2v) is 3.42. The summed E-state index contributed by atoms with van der Waals surface area (Å²) in [6.45, 7) is 1.95. The van der Waals surface area contributed by atoms with Crippen LogP contribution in [0.2, 0.25) is 0 Å². The van der Waals surface area contributed by atoms with E-state index in [2.05, 4.69) is 4.74 Å². The van der Waals surface area contributed by atoms with Gasteiger partial charge in [-0.3, -0.25) is 9.59 Å². The van der Waals surface area contributed by atoms with Crippen molar-refractivity contribution in [2.45, 2.75) is 13.3 Å². The van der Waals surface area contributed by atoms with Crippen molar-refractivity contribution in [1.82, 2.24) is 0 Å². The molecule has 1 rings (SSSR count). The number of aryl methyl sites for hydroxylation is 1. The first-order valence-corrected chi connectivity index (χ1v) is 4.96. The fourth-order valence-electron chi connectivity index (χ4n) is 1.28. The molecule has 0 amide bonds. The third kappa shape index (κ3) is 3.35. The van der Waals surface area contributed by atoms with Gasteiger partial charge in [0.2, 0.25) is 0 Å². The van der Waals surface area contributed by atoms with Crippen LogP contribution in [0.1, 0.15) is 27.9 Å². The van der Waals surface area contributed by atoms with E-state index in [9.17, 15) is 9.59 Å². The summed E-state index contributed by atoms with van der Waals surface area (Å²) in [5.41, 5.74) is 2.63. The number of methoxy groups -OCH3 is 1. The Bertz CT molecular complexity index is 419. The maximum atomic E-state index is 10.9. The monoisotopic (exact) mass is 218 g/mol. The molecular weight excluding hydrogens is 204 g/mol. The molecule has 0 radical (unpaired) electrons. The third-order valence-corrected chi connectivity index (χ3v) is 2.25. The van der Waals surface area contributed by atoms with Crippen LogP contribution in [0.3, 0.4) is 0 Å². The second kappa shape index (κ2) is 5.85. The zero-order valence-electron chi connectivity index (χ0n) is 9.40. The molecule has 0 atom stereocenters. The normalized spacial score (nSPS) is 10.4. The summed E-state index contributed by atoms with van der Waals surface area (Å²) in [5.74, 6) is -0.277. The molecule has 0 saturated carbocycles. The predicted octanol–water partition coefficient (Wildman–Crippen LogP) is 2.38. The zero-order valence-corrected chi connectivity index (χ0v) is 9.40. The Morgan fingerprint density at radius 1 is 1.44 bits per heavy atom. The van der Waals surface area contributed by atoms with E-state index in [0.29, 0.717) is 5.56 Å². The molecule has 0 heterocycles. The van der Waals surface area contributed by atoms with E-state index in [1.165, 1.54) is 7.11 Å². The fraction of sp³-hybridized carbons (Fsp3) is 0.231. The average Bonchev–Trinajstić information content (AvgIpc) is 2.31. The zero-order chi connectivity index (χ0) is 12.0. The molecule has 0 fully saturated rings. The molecule has 1 aromatic rings. The van der Waals surface area contributed by atoms with Crippen molar-refractivity contribution in [3.8, 4) is 0 Å². The van der Waals surface area contributed by atoms with Gasteiger partial charge >= 0.3 is 5.97 Å². The van der Waals surface area contributed by atoms with Gasteiger partial charge in [-0.2, -0.15) is 0 Å². The van der Waals surface area contributed by atoms with Crippen molar-refractivity contribution in [3.05, 3.63) is 41.0 Å². The molecule has 0 unspecified atom stereocenters. The van der Waals surface area contributed by atoms with Crippen LogP contribution >= 0.6 is 0 Å². The van der Waals surface area contributed by atoms with Crippen LogP contribution in [0.15, 0.2) is 24.3 Å². The smallest absolute Gasteiger partial charge is 0.309 e. The highest BCUT2D eigenvalue weighted by Gasteiger charge is 1.98. The van der Waals surface area contributed by atoms with Crippen molar-refractivity contribution >= 4 is 18.3 Å². The Hall–Kier alpha value is -1.90. The van der Waals surface area contributed by atoms with Gasteiger partial charge in [-0.1, -0.05) is 24.3 Å². The van der Waals surface area contributed by atoms with Crippen molar-refractivity contribution < 1.29 is 14.3 Å². The highest BCUT2D eigenvalue weighted by molar-refractivity contribution is 5.77. The van der Waals surface area contributed by atoms with Crippen LogP contribution in [0.4, 0.5) is 0 Å². The summed E-state index contributed by atoms with van der Waals surface area (Å²) in [6, 6.07) is 5.43. The minimum absolute atomic E-state index is 0.237. The van der Waals surface area contributed by atoms with Gasteiger partial charge in [0.1, 0.15) is 6.29 Å².